The lowest BCUT2D eigenvalue weighted by Gasteiger charge is -2.09. The van der Waals surface area contributed by atoms with Crippen molar-refractivity contribution in [3.63, 3.8) is 0 Å². The van der Waals surface area contributed by atoms with Crippen molar-refractivity contribution < 1.29 is 4.39 Å². The van der Waals surface area contributed by atoms with Gasteiger partial charge in [-0.25, -0.2) is 4.39 Å². The molecule has 0 saturated heterocycles. The van der Waals surface area contributed by atoms with Gasteiger partial charge in [-0.15, -0.1) is 0 Å². The Morgan fingerprint density at radius 1 is 1.17 bits per heavy atom. The Balaban J connectivity index is 2.42. The van der Waals surface area contributed by atoms with Crippen LogP contribution in [0.25, 0.3) is 11.1 Å². The van der Waals surface area contributed by atoms with Crippen LogP contribution >= 0.6 is 11.6 Å². The Labute approximate surface area is 111 Å². The molecule has 2 rings (SSSR count). The lowest BCUT2D eigenvalue weighted by atomic mass is 10.0. The molecular formula is C15H15ClFN. The first-order valence-electron chi connectivity index (χ1n) is 5.95. The van der Waals surface area contributed by atoms with Gasteiger partial charge >= 0.3 is 0 Å². The highest BCUT2D eigenvalue weighted by Gasteiger charge is 2.08. The first-order valence-corrected chi connectivity index (χ1v) is 6.33. The molecule has 2 aromatic rings. The van der Waals surface area contributed by atoms with Crippen molar-refractivity contribution in [3.8, 4) is 11.1 Å². The predicted octanol–water partition coefficient (Wildman–Crippen LogP) is 4.68. The molecule has 0 aliphatic carbocycles. The molecule has 0 atom stereocenters. The van der Waals surface area contributed by atoms with E-state index in [1.807, 2.05) is 24.3 Å². The molecule has 0 aliphatic rings. The monoisotopic (exact) mass is 263 g/mol. The zero-order valence-electron chi connectivity index (χ0n) is 10.2. The van der Waals surface area contributed by atoms with Crippen LogP contribution in [0.3, 0.4) is 0 Å². The maximum absolute atomic E-state index is 13.4. The van der Waals surface area contributed by atoms with Gasteiger partial charge in [0.15, 0.2) is 0 Å². The smallest absolute Gasteiger partial charge is 0.125 e. The lowest BCUT2D eigenvalue weighted by Crippen LogP contribution is -1.93. The van der Waals surface area contributed by atoms with Gasteiger partial charge in [-0.1, -0.05) is 49.2 Å². The van der Waals surface area contributed by atoms with Crippen LogP contribution in [0.2, 0.25) is 5.02 Å². The summed E-state index contributed by atoms with van der Waals surface area (Å²) in [6.07, 6.45) is 2.15. The minimum absolute atomic E-state index is 0.252. The molecule has 0 heterocycles. The van der Waals surface area contributed by atoms with Crippen LogP contribution in [0, 0.1) is 5.82 Å². The van der Waals surface area contributed by atoms with Crippen molar-refractivity contribution in [2.24, 2.45) is 0 Å². The predicted molar refractivity (Wildman–Crippen MR) is 75.3 cm³/mol. The zero-order valence-corrected chi connectivity index (χ0v) is 11.0. The minimum atomic E-state index is -0.373. The van der Waals surface area contributed by atoms with Crippen LogP contribution in [0.1, 0.15) is 18.9 Å². The van der Waals surface area contributed by atoms with E-state index in [0.29, 0.717) is 11.3 Å². The second kappa shape index (κ2) is 5.40. The normalized spacial score (nSPS) is 10.6. The van der Waals surface area contributed by atoms with Crippen LogP contribution in [0.5, 0.6) is 0 Å². The Bertz CT molecular complexity index is 549. The van der Waals surface area contributed by atoms with Crippen molar-refractivity contribution in [2.45, 2.75) is 19.8 Å². The Hall–Kier alpha value is -1.54. The highest BCUT2D eigenvalue weighted by Crippen LogP contribution is 2.32. The number of nitrogens with two attached hydrogens (primary N) is 1. The summed E-state index contributed by atoms with van der Waals surface area (Å²) in [6.45, 7) is 2.14. The fraction of sp³-hybridized carbons (Fsp3) is 0.200. The first-order chi connectivity index (χ1) is 8.61. The van der Waals surface area contributed by atoms with E-state index < -0.39 is 0 Å². The maximum atomic E-state index is 13.4. The fourth-order valence-corrected chi connectivity index (χ4v) is 2.17. The van der Waals surface area contributed by atoms with Crippen molar-refractivity contribution in [3.05, 3.63) is 52.8 Å². The van der Waals surface area contributed by atoms with Crippen molar-refractivity contribution >= 4 is 17.3 Å². The quantitative estimate of drug-likeness (QED) is 0.800. The number of hydrogen-bond acceptors (Lipinski definition) is 1. The third kappa shape index (κ3) is 2.65. The number of rotatable bonds is 3. The topological polar surface area (TPSA) is 26.0 Å². The van der Waals surface area contributed by atoms with Gasteiger partial charge in [-0.2, -0.15) is 0 Å². The van der Waals surface area contributed by atoms with Crippen LogP contribution in [0.4, 0.5) is 10.1 Å². The van der Waals surface area contributed by atoms with E-state index in [9.17, 15) is 4.39 Å². The second-order valence-corrected chi connectivity index (χ2v) is 4.70. The van der Waals surface area contributed by atoms with E-state index in [2.05, 4.69) is 6.92 Å². The first kappa shape index (κ1) is 12.9. The number of halogens is 2. The molecule has 0 aromatic heterocycles. The highest BCUT2D eigenvalue weighted by atomic mass is 35.5. The summed E-state index contributed by atoms with van der Waals surface area (Å²) in [6, 6.07) is 10.6. The zero-order chi connectivity index (χ0) is 13.1. The summed E-state index contributed by atoms with van der Waals surface area (Å²) in [5, 5.41) is 0.252. The van der Waals surface area contributed by atoms with E-state index in [1.165, 1.54) is 17.7 Å². The third-order valence-corrected chi connectivity index (χ3v) is 3.21. The Morgan fingerprint density at radius 2 is 1.83 bits per heavy atom. The van der Waals surface area contributed by atoms with Crippen LogP contribution in [-0.4, -0.2) is 0 Å². The SMILES string of the molecule is CCCc1ccc(-c2cc(F)cc(Cl)c2N)cc1. The number of nitrogen functional groups attached to an aromatic ring is 1. The molecule has 0 fully saturated rings. The standard InChI is InChI=1S/C15H15ClFN/c1-2-3-10-4-6-11(7-5-10)13-8-12(17)9-14(16)15(13)18/h4-9H,2-3,18H2,1H3. The average molecular weight is 264 g/mol. The molecule has 1 nitrogen and oxygen atoms in total. The number of hydrogen-bond donors (Lipinski definition) is 1. The highest BCUT2D eigenvalue weighted by molar-refractivity contribution is 6.33. The molecule has 2 aromatic carbocycles. The van der Waals surface area contributed by atoms with E-state index >= 15 is 0 Å². The van der Waals surface area contributed by atoms with Crippen LogP contribution in [-0.2, 0) is 6.42 Å². The summed E-state index contributed by atoms with van der Waals surface area (Å²) in [5.74, 6) is -0.373. The van der Waals surface area contributed by atoms with Crippen molar-refractivity contribution in [1.29, 1.82) is 0 Å². The van der Waals surface area contributed by atoms with Crippen molar-refractivity contribution in [1.82, 2.24) is 0 Å². The fourth-order valence-electron chi connectivity index (χ4n) is 1.96. The largest absolute Gasteiger partial charge is 0.397 e. The summed E-state index contributed by atoms with van der Waals surface area (Å²) < 4.78 is 13.4. The molecule has 94 valence electrons. The van der Waals surface area contributed by atoms with Gasteiger partial charge in [0.2, 0.25) is 0 Å². The summed E-state index contributed by atoms with van der Waals surface area (Å²) in [7, 11) is 0. The van der Waals surface area contributed by atoms with Gasteiger partial charge in [0, 0.05) is 5.56 Å². The minimum Gasteiger partial charge on any atom is -0.397 e. The molecule has 0 unspecified atom stereocenters. The summed E-state index contributed by atoms with van der Waals surface area (Å²) >= 11 is 5.89. The molecule has 2 N–H and O–H groups in total. The molecule has 0 spiro atoms. The lowest BCUT2D eigenvalue weighted by molar-refractivity contribution is 0.628. The van der Waals surface area contributed by atoms with E-state index in [0.717, 1.165) is 18.4 Å². The summed E-state index contributed by atoms with van der Waals surface area (Å²) in [5.41, 5.74) is 9.09. The Morgan fingerprint density at radius 3 is 2.44 bits per heavy atom. The van der Waals surface area contributed by atoms with Gasteiger partial charge in [0.1, 0.15) is 5.82 Å². The van der Waals surface area contributed by atoms with Gasteiger partial charge in [-0.05, 0) is 29.7 Å². The van der Waals surface area contributed by atoms with Gasteiger partial charge < -0.3 is 5.73 Å². The molecule has 0 saturated carbocycles. The molecular weight excluding hydrogens is 249 g/mol. The third-order valence-electron chi connectivity index (χ3n) is 2.90. The molecule has 0 bridgehead atoms. The summed E-state index contributed by atoms with van der Waals surface area (Å²) in [4.78, 5) is 0. The van der Waals surface area contributed by atoms with Crippen LogP contribution in [0.15, 0.2) is 36.4 Å². The van der Waals surface area contributed by atoms with Crippen LogP contribution < -0.4 is 5.73 Å². The maximum Gasteiger partial charge on any atom is 0.125 e. The second-order valence-electron chi connectivity index (χ2n) is 4.30. The molecule has 3 heteroatoms. The van der Waals surface area contributed by atoms with Gasteiger partial charge in [0.05, 0.1) is 10.7 Å². The van der Waals surface area contributed by atoms with E-state index in [4.69, 9.17) is 17.3 Å². The van der Waals surface area contributed by atoms with E-state index in [-0.39, 0.29) is 10.8 Å². The average Bonchev–Trinajstić information content (AvgIpc) is 2.35. The molecule has 0 aliphatic heterocycles. The van der Waals surface area contributed by atoms with E-state index in [1.54, 1.807) is 0 Å². The molecule has 0 amide bonds. The molecule has 0 radical (unpaired) electrons. The number of aryl methyl sites for hydroxylation is 1. The number of anilines is 1. The molecule has 18 heavy (non-hydrogen) atoms. The Kier molecular flexibility index (Phi) is 3.87. The van der Waals surface area contributed by atoms with Gasteiger partial charge in [0.25, 0.3) is 0 Å². The van der Waals surface area contributed by atoms with Gasteiger partial charge in [-0.3, -0.25) is 0 Å². The van der Waals surface area contributed by atoms with Crippen molar-refractivity contribution in [2.75, 3.05) is 5.73 Å². The number of benzene rings is 2.